The number of nitrogens with zero attached hydrogens (tertiary/aromatic N) is 2. The number of Topliss-reactive ketones (excluding diaryl/α,β-unsaturated/α-hetero) is 1. The molecule has 1 aromatic carbocycles. The van der Waals surface area contributed by atoms with E-state index in [9.17, 15) is 9.59 Å². The Balaban J connectivity index is 1.39. The zero-order valence-corrected chi connectivity index (χ0v) is 15.9. The normalized spacial score (nSPS) is 10.9. The number of pyridine rings is 1. The van der Waals surface area contributed by atoms with E-state index in [0.29, 0.717) is 12.1 Å². The van der Waals surface area contributed by atoms with Crippen LogP contribution in [0.2, 0.25) is 0 Å². The van der Waals surface area contributed by atoms with Crippen molar-refractivity contribution in [1.29, 1.82) is 0 Å². The second-order valence-corrected chi connectivity index (χ2v) is 6.85. The number of nitrogens with one attached hydrogen (secondary N) is 1. The molecule has 3 aromatic rings. The third-order valence-corrected chi connectivity index (χ3v) is 4.82. The van der Waals surface area contributed by atoms with Crippen molar-refractivity contribution in [3.8, 4) is 0 Å². The van der Waals surface area contributed by atoms with Crippen LogP contribution in [-0.2, 0) is 11.2 Å². The molecule has 0 saturated heterocycles. The molecule has 0 aliphatic rings. The molecule has 0 saturated carbocycles. The van der Waals surface area contributed by atoms with E-state index < -0.39 is 0 Å². The monoisotopic (exact) mass is 363 g/mol. The third kappa shape index (κ3) is 4.82. The number of hydrogen-bond donors (Lipinski definition) is 1. The number of carbonyl (C=O) groups excluding carboxylic acids is 2. The number of fused-ring (bicyclic) bond motifs is 1. The van der Waals surface area contributed by atoms with Crippen molar-refractivity contribution in [2.75, 3.05) is 6.54 Å². The minimum atomic E-state index is -0.0832. The lowest BCUT2D eigenvalue weighted by molar-refractivity contribution is -0.121. The van der Waals surface area contributed by atoms with Crippen LogP contribution in [0.5, 0.6) is 0 Å². The van der Waals surface area contributed by atoms with Gasteiger partial charge in [-0.1, -0.05) is 18.2 Å². The van der Waals surface area contributed by atoms with E-state index in [1.807, 2.05) is 62.6 Å². The first-order valence-electron chi connectivity index (χ1n) is 9.33. The lowest BCUT2D eigenvalue weighted by Crippen LogP contribution is -2.25. The molecule has 0 atom stereocenters. The van der Waals surface area contributed by atoms with E-state index in [1.165, 1.54) is 0 Å². The maximum absolute atomic E-state index is 12.2. The Hall–Kier alpha value is -2.95. The molecule has 0 aliphatic heterocycles. The number of ketones is 1. The molecule has 0 spiro atoms. The zero-order valence-electron chi connectivity index (χ0n) is 15.9. The van der Waals surface area contributed by atoms with Crippen LogP contribution in [0.15, 0.2) is 48.8 Å². The molecular formula is C22H25N3O2. The Morgan fingerprint density at radius 1 is 1.07 bits per heavy atom. The Morgan fingerprint density at radius 3 is 2.74 bits per heavy atom. The Kier molecular flexibility index (Phi) is 6.01. The Labute approximate surface area is 159 Å². The fourth-order valence-electron chi connectivity index (χ4n) is 3.03. The van der Waals surface area contributed by atoms with Crippen molar-refractivity contribution in [2.45, 2.75) is 39.5 Å². The first-order valence-corrected chi connectivity index (χ1v) is 9.33. The molecule has 27 heavy (non-hydrogen) atoms. The molecule has 0 radical (unpaired) electrons. The summed E-state index contributed by atoms with van der Waals surface area (Å²) in [6, 6.07) is 11.7. The molecule has 0 unspecified atom stereocenters. The summed E-state index contributed by atoms with van der Waals surface area (Å²) in [5.41, 5.74) is 4.00. The van der Waals surface area contributed by atoms with Gasteiger partial charge in [-0.25, -0.2) is 4.98 Å². The van der Waals surface area contributed by atoms with Crippen LogP contribution in [0.1, 0.15) is 46.6 Å². The largest absolute Gasteiger partial charge is 0.356 e. The molecule has 2 heterocycles. The second-order valence-electron chi connectivity index (χ2n) is 6.85. The second kappa shape index (κ2) is 8.62. The van der Waals surface area contributed by atoms with Crippen LogP contribution in [0.25, 0.3) is 5.52 Å². The summed E-state index contributed by atoms with van der Waals surface area (Å²) in [5.74, 6) is 0.919. The van der Waals surface area contributed by atoms with Crippen LogP contribution < -0.4 is 5.32 Å². The molecule has 140 valence electrons. The van der Waals surface area contributed by atoms with Gasteiger partial charge in [-0.2, -0.15) is 0 Å². The number of aryl methyl sites for hydroxylation is 3. The van der Waals surface area contributed by atoms with Crippen molar-refractivity contribution < 1.29 is 9.59 Å². The van der Waals surface area contributed by atoms with Crippen LogP contribution in [-0.4, -0.2) is 27.6 Å². The molecule has 0 bridgehead atoms. The van der Waals surface area contributed by atoms with Gasteiger partial charge in [0.15, 0.2) is 5.78 Å². The summed E-state index contributed by atoms with van der Waals surface area (Å²) in [6.45, 7) is 4.59. The summed E-state index contributed by atoms with van der Waals surface area (Å²) in [6.07, 6.45) is 5.91. The summed E-state index contributed by atoms with van der Waals surface area (Å²) in [7, 11) is 0. The molecule has 5 heteroatoms. The number of aromatic nitrogens is 2. The van der Waals surface area contributed by atoms with Crippen LogP contribution in [0.3, 0.4) is 0 Å². The van der Waals surface area contributed by atoms with Gasteiger partial charge in [0.25, 0.3) is 0 Å². The highest BCUT2D eigenvalue weighted by Gasteiger charge is 2.10. The van der Waals surface area contributed by atoms with Gasteiger partial charge < -0.3 is 9.72 Å². The van der Waals surface area contributed by atoms with Gasteiger partial charge in [0.1, 0.15) is 5.82 Å². The number of rotatable bonds is 8. The smallest absolute Gasteiger partial charge is 0.220 e. The van der Waals surface area contributed by atoms with Crippen molar-refractivity contribution in [2.24, 2.45) is 0 Å². The topological polar surface area (TPSA) is 63.5 Å². The maximum atomic E-state index is 12.2. The number of carbonyl (C=O) groups is 2. The van der Waals surface area contributed by atoms with E-state index in [2.05, 4.69) is 14.7 Å². The fourth-order valence-corrected chi connectivity index (χ4v) is 3.03. The molecular weight excluding hydrogens is 338 g/mol. The van der Waals surface area contributed by atoms with E-state index in [-0.39, 0.29) is 24.5 Å². The number of benzene rings is 1. The van der Waals surface area contributed by atoms with E-state index in [4.69, 9.17) is 0 Å². The maximum Gasteiger partial charge on any atom is 0.220 e. The Morgan fingerprint density at radius 2 is 1.93 bits per heavy atom. The molecule has 0 aliphatic carbocycles. The SMILES string of the molecule is Cc1ccc(C(=O)CCC(=O)NCCCc2ncc3ccccn23)cc1C. The minimum Gasteiger partial charge on any atom is -0.356 e. The van der Waals surface area contributed by atoms with Crippen molar-refractivity contribution in [1.82, 2.24) is 14.7 Å². The van der Waals surface area contributed by atoms with Gasteiger partial charge in [0, 0.05) is 37.6 Å². The quantitative estimate of drug-likeness (QED) is 0.491. The highest BCUT2D eigenvalue weighted by molar-refractivity contribution is 5.98. The molecule has 3 rings (SSSR count). The van der Waals surface area contributed by atoms with Crippen LogP contribution in [0.4, 0.5) is 0 Å². The van der Waals surface area contributed by atoms with Gasteiger partial charge in [0.2, 0.25) is 5.91 Å². The average molecular weight is 363 g/mol. The number of imidazole rings is 1. The van der Waals surface area contributed by atoms with Gasteiger partial charge in [-0.3, -0.25) is 9.59 Å². The van der Waals surface area contributed by atoms with Gasteiger partial charge in [-0.05, 0) is 49.6 Å². The van der Waals surface area contributed by atoms with E-state index in [0.717, 1.165) is 35.3 Å². The van der Waals surface area contributed by atoms with Gasteiger partial charge in [0.05, 0.1) is 11.7 Å². The highest BCUT2D eigenvalue weighted by atomic mass is 16.2. The number of hydrogen-bond acceptors (Lipinski definition) is 3. The third-order valence-electron chi connectivity index (χ3n) is 4.82. The van der Waals surface area contributed by atoms with Crippen molar-refractivity contribution >= 4 is 17.2 Å². The predicted octanol–water partition coefficient (Wildman–Crippen LogP) is 3.66. The summed E-state index contributed by atoms with van der Waals surface area (Å²) in [4.78, 5) is 28.6. The Bertz CT molecular complexity index is 959. The summed E-state index contributed by atoms with van der Waals surface area (Å²) >= 11 is 0. The van der Waals surface area contributed by atoms with Crippen molar-refractivity contribution in [3.63, 3.8) is 0 Å². The van der Waals surface area contributed by atoms with E-state index >= 15 is 0 Å². The fraction of sp³-hybridized carbons (Fsp3) is 0.318. The van der Waals surface area contributed by atoms with Crippen molar-refractivity contribution in [3.05, 3.63) is 71.3 Å². The summed E-state index contributed by atoms with van der Waals surface area (Å²) in [5, 5.41) is 2.89. The standard InChI is InChI=1S/C22H25N3O2/c1-16-8-9-18(14-17(16)2)20(26)10-11-22(27)23-12-5-7-21-24-15-19-6-3-4-13-25(19)21/h3-4,6,8-9,13-15H,5,7,10-12H2,1-2H3,(H,23,27). The summed E-state index contributed by atoms with van der Waals surface area (Å²) < 4.78 is 2.06. The van der Waals surface area contributed by atoms with Gasteiger partial charge >= 0.3 is 0 Å². The first kappa shape index (κ1) is 18.8. The number of amides is 1. The zero-order chi connectivity index (χ0) is 19.2. The lowest BCUT2D eigenvalue weighted by Gasteiger charge is -2.06. The van der Waals surface area contributed by atoms with Crippen LogP contribution in [0, 0.1) is 13.8 Å². The minimum absolute atomic E-state index is 0.0112. The molecule has 5 nitrogen and oxygen atoms in total. The molecule has 1 N–H and O–H groups in total. The first-order chi connectivity index (χ1) is 13.0. The van der Waals surface area contributed by atoms with E-state index in [1.54, 1.807) is 0 Å². The molecule has 1 amide bonds. The predicted molar refractivity (Wildman–Crippen MR) is 106 cm³/mol. The molecule has 0 fully saturated rings. The highest BCUT2D eigenvalue weighted by Crippen LogP contribution is 2.12. The van der Waals surface area contributed by atoms with Gasteiger partial charge in [-0.15, -0.1) is 0 Å². The van der Waals surface area contributed by atoms with Crippen LogP contribution >= 0.6 is 0 Å². The average Bonchev–Trinajstić information content (AvgIpc) is 3.08. The molecule has 2 aromatic heterocycles. The lowest BCUT2D eigenvalue weighted by atomic mass is 10.0.